The Labute approximate surface area is 241 Å². The van der Waals surface area contributed by atoms with Crippen molar-refractivity contribution in [1.82, 2.24) is 19.5 Å². The molecule has 2 aliphatic rings. The van der Waals surface area contributed by atoms with Crippen LogP contribution >= 0.6 is 11.9 Å². The number of hydrogen-bond donors (Lipinski definition) is 1. The van der Waals surface area contributed by atoms with Crippen molar-refractivity contribution in [2.24, 2.45) is 11.3 Å². The van der Waals surface area contributed by atoms with Crippen LogP contribution in [0.25, 0.3) is 5.82 Å². The number of nitriles is 1. The summed E-state index contributed by atoms with van der Waals surface area (Å²) in [4.78, 5) is 21.2. The number of anilines is 1. The summed E-state index contributed by atoms with van der Waals surface area (Å²) in [7, 11) is 0. The number of aromatic nitrogens is 3. The van der Waals surface area contributed by atoms with Gasteiger partial charge in [-0.3, -0.25) is 9.52 Å². The molecule has 8 nitrogen and oxygen atoms in total. The van der Waals surface area contributed by atoms with Crippen molar-refractivity contribution in [2.45, 2.75) is 63.6 Å². The number of benzene rings is 1. The number of aryl methyl sites for hydroxylation is 1. The van der Waals surface area contributed by atoms with Gasteiger partial charge in [-0.15, -0.1) is 5.10 Å². The van der Waals surface area contributed by atoms with E-state index >= 15 is 0 Å². The molecule has 3 aromatic rings. The minimum absolute atomic E-state index is 0.0543. The van der Waals surface area contributed by atoms with Crippen LogP contribution in [0.1, 0.15) is 61.5 Å². The molecule has 0 spiro atoms. The molecule has 0 bridgehead atoms. The van der Waals surface area contributed by atoms with Gasteiger partial charge in [0.2, 0.25) is 5.88 Å². The molecule has 1 saturated heterocycles. The average Bonchev–Trinajstić information content (AvgIpc) is 3.49. The van der Waals surface area contributed by atoms with Gasteiger partial charge in [0.25, 0.3) is 5.91 Å². The van der Waals surface area contributed by atoms with Crippen LogP contribution in [0.5, 0.6) is 5.88 Å². The fraction of sp³-hybridized carbons (Fsp3) is 0.448. The fourth-order valence-corrected chi connectivity index (χ4v) is 5.95. The van der Waals surface area contributed by atoms with E-state index in [2.05, 4.69) is 41.6 Å². The standard InChI is InChI=1S/C29H31F3N6O2S/c1-18-14-27(3,4)37(16-18)25-21(26(39)36-41-22-7-5-20(15-33)13-19(22)2)6-8-23(34-25)38-12-9-24(35-38)40-17-28(10-11-28)29(30,31)32/h5-9,12-13,18H,10-11,14,16-17H2,1-4H3,(H,36,39). The van der Waals surface area contributed by atoms with Crippen molar-refractivity contribution in [1.29, 1.82) is 5.26 Å². The molecule has 1 aliphatic heterocycles. The first-order valence-electron chi connectivity index (χ1n) is 13.3. The molecule has 2 fully saturated rings. The molecular formula is C29H31F3N6O2S. The molecule has 1 unspecified atom stereocenters. The van der Waals surface area contributed by atoms with E-state index in [1.54, 1.807) is 36.5 Å². The third kappa shape index (κ3) is 5.86. The van der Waals surface area contributed by atoms with E-state index < -0.39 is 18.2 Å². The van der Waals surface area contributed by atoms with Gasteiger partial charge < -0.3 is 9.64 Å². The number of hydrogen-bond acceptors (Lipinski definition) is 7. The first kappa shape index (κ1) is 28.8. The van der Waals surface area contributed by atoms with Gasteiger partial charge in [-0.25, -0.2) is 9.67 Å². The minimum atomic E-state index is -4.31. The highest BCUT2D eigenvalue weighted by atomic mass is 32.2. The van der Waals surface area contributed by atoms with Crippen molar-refractivity contribution in [3.8, 4) is 17.8 Å². The SMILES string of the molecule is Cc1cc(C#N)ccc1SNC(=O)c1ccc(-n2ccc(OCC3(C(F)(F)F)CC3)n2)nc1N1CC(C)CC1(C)C. The van der Waals surface area contributed by atoms with Gasteiger partial charge in [-0.1, -0.05) is 6.92 Å². The number of pyridine rings is 1. The van der Waals surface area contributed by atoms with E-state index in [0.717, 1.165) is 16.9 Å². The van der Waals surface area contributed by atoms with Crippen molar-refractivity contribution in [3.05, 3.63) is 59.3 Å². The first-order valence-corrected chi connectivity index (χ1v) is 14.2. The second kappa shape index (κ2) is 10.6. The molecule has 216 valence electrons. The Morgan fingerprint density at radius 3 is 2.61 bits per heavy atom. The maximum Gasteiger partial charge on any atom is 0.397 e. The van der Waals surface area contributed by atoms with E-state index in [9.17, 15) is 18.0 Å². The molecule has 3 heterocycles. The average molecular weight is 585 g/mol. The van der Waals surface area contributed by atoms with E-state index in [1.807, 2.05) is 6.92 Å². The number of carbonyl (C=O) groups is 1. The predicted octanol–water partition coefficient (Wildman–Crippen LogP) is 6.23. The smallest absolute Gasteiger partial charge is 0.397 e. The number of halogens is 3. The number of nitrogens with zero attached hydrogens (tertiary/aromatic N) is 5. The van der Waals surface area contributed by atoms with E-state index in [1.165, 1.54) is 22.7 Å². The molecule has 0 radical (unpaired) electrons. The van der Waals surface area contributed by atoms with Crippen LogP contribution in [0.2, 0.25) is 0 Å². The first-order chi connectivity index (χ1) is 19.3. The highest BCUT2D eigenvalue weighted by Crippen LogP contribution is 2.57. The lowest BCUT2D eigenvalue weighted by molar-refractivity contribution is -0.194. The van der Waals surface area contributed by atoms with Gasteiger partial charge in [-0.05, 0) is 93.8 Å². The zero-order valence-corrected chi connectivity index (χ0v) is 24.1. The fourth-order valence-electron chi connectivity index (χ4n) is 5.28. The van der Waals surface area contributed by atoms with Crippen molar-refractivity contribution in [3.63, 3.8) is 0 Å². The summed E-state index contributed by atoms with van der Waals surface area (Å²) in [6.45, 7) is 8.48. The Kier molecular flexibility index (Phi) is 7.44. The number of nitrogens with one attached hydrogen (secondary N) is 1. The van der Waals surface area contributed by atoms with Gasteiger partial charge in [0.15, 0.2) is 5.82 Å². The second-order valence-electron chi connectivity index (χ2n) is 11.6. The lowest BCUT2D eigenvalue weighted by atomic mass is 9.97. The summed E-state index contributed by atoms with van der Waals surface area (Å²) in [5, 5.41) is 13.4. The Morgan fingerprint density at radius 1 is 1.24 bits per heavy atom. The Balaban J connectivity index is 1.39. The maximum absolute atomic E-state index is 13.5. The van der Waals surface area contributed by atoms with Crippen molar-refractivity contribution < 1.29 is 22.7 Å². The van der Waals surface area contributed by atoms with E-state index in [-0.39, 0.29) is 30.2 Å². The van der Waals surface area contributed by atoms with Gasteiger partial charge in [0.1, 0.15) is 17.8 Å². The quantitative estimate of drug-likeness (QED) is 0.314. The summed E-state index contributed by atoms with van der Waals surface area (Å²) in [5.41, 5.74) is -0.240. The summed E-state index contributed by atoms with van der Waals surface area (Å²) >= 11 is 1.17. The molecule has 1 amide bonds. The Bertz CT molecular complexity index is 1510. The normalized spacial score (nSPS) is 19.1. The summed E-state index contributed by atoms with van der Waals surface area (Å²) in [6, 6.07) is 12.2. The minimum Gasteiger partial charge on any atom is -0.476 e. The monoisotopic (exact) mass is 584 g/mol. The zero-order valence-electron chi connectivity index (χ0n) is 23.2. The second-order valence-corrected chi connectivity index (χ2v) is 12.4. The zero-order chi connectivity index (χ0) is 29.6. The molecular weight excluding hydrogens is 553 g/mol. The lowest BCUT2D eigenvalue weighted by Crippen LogP contribution is -2.40. The lowest BCUT2D eigenvalue weighted by Gasteiger charge is -2.34. The van der Waals surface area contributed by atoms with Crippen molar-refractivity contribution >= 4 is 23.7 Å². The summed E-state index contributed by atoms with van der Waals surface area (Å²) < 4.78 is 49.6. The molecule has 1 aliphatic carbocycles. The van der Waals surface area contributed by atoms with Crippen LogP contribution in [0.3, 0.4) is 0 Å². The Hall–Kier alpha value is -3.72. The molecule has 1 saturated carbocycles. The van der Waals surface area contributed by atoms with Crippen LogP contribution in [-0.4, -0.2) is 45.5 Å². The summed E-state index contributed by atoms with van der Waals surface area (Å²) in [5.74, 6) is 1.05. The number of alkyl halides is 3. The van der Waals surface area contributed by atoms with E-state index in [4.69, 9.17) is 15.0 Å². The third-order valence-electron chi connectivity index (χ3n) is 7.74. The highest BCUT2D eigenvalue weighted by Gasteiger charge is 2.64. The number of rotatable bonds is 8. The molecule has 1 N–H and O–H groups in total. The Morgan fingerprint density at radius 2 is 2.00 bits per heavy atom. The molecule has 1 atom stereocenters. The van der Waals surface area contributed by atoms with Gasteiger partial charge in [0, 0.05) is 29.2 Å². The number of carbonyl (C=O) groups excluding carboxylic acids is 1. The van der Waals surface area contributed by atoms with Crippen LogP contribution in [0, 0.1) is 29.6 Å². The molecule has 1 aromatic carbocycles. The maximum atomic E-state index is 13.5. The van der Waals surface area contributed by atoms with Gasteiger partial charge >= 0.3 is 6.18 Å². The number of amides is 1. The predicted molar refractivity (Wildman–Crippen MR) is 149 cm³/mol. The third-order valence-corrected chi connectivity index (χ3v) is 8.71. The molecule has 41 heavy (non-hydrogen) atoms. The largest absolute Gasteiger partial charge is 0.476 e. The number of ether oxygens (including phenoxy) is 1. The molecule has 12 heteroatoms. The summed E-state index contributed by atoms with van der Waals surface area (Å²) in [6.07, 6.45) is -1.70. The topological polar surface area (TPSA) is 96.1 Å². The van der Waals surface area contributed by atoms with Crippen molar-refractivity contribution in [2.75, 3.05) is 18.1 Å². The van der Waals surface area contributed by atoms with Crippen LogP contribution in [-0.2, 0) is 0 Å². The highest BCUT2D eigenvalue weighted by molar-refractivity contribution is 7.98. The van der Waals surface area contributed by atoms with Crippen LogP contribution in [0.15, 0.2) is 47.5 Å². The van der Waals surface area contributed by atoms with Gasteiger partial charge in [0.05, 0.1) is 17.2 Å². The molecule has 5 rings (SSSR count). The van der Waals surface area contributed by atoms with Crippen LogP contribution in [0.4, 0.5) is 19.0 Å². The van der Waals surface area contributed by atoms with Crippen LogP contribution < -0.4 is 14.4 Å². The van der Waals surface area contributed by atoms with Gasteiger partial charge in [-0.2, -0.15) is 18.4 Å². The van der Waals surface area contributed by atoms with E-state index in [0.29, 0.717) is 35.2 Å². The molecule has 2 aromatic heterocycles.